The Balaban J connectivity index is 1.83. The Bertz CT molecular complexity index is 749. The van der Waals surface area contributed by atoms with Gasteiger partial charge in [0.25, 0.3) is 5.78 Å². The van der Waals surface area contributed by atoms with Crippen molar-refractivity contribution < 1.29 is 14.7 Å². The first-order chi connectivity index (χ1) is 11.5. The third kappa shape index (κ3) is 2.83. The number of nitrogens with one attached hydrogen (secondary N) is 1. The second-order valence-electron chi connectivity index (χ2n) is 6.34. The van der Waals surface area contributed by atoms with Gasteiger partial charge in [0.1, 0.15) is 5.41 Å². The maximum atomic E-state index is 12.8. The number of rotatable bonds is 4. The third-order valence-corrected chi connectivity index (χ3v) is 4.75. The number of carbonyl (C=O) groups excluding carboxylic acids is 1. The van der Waals surface area contributed by atoms with Gasteiger partial charge in [0.2, 0.25) is 5.91 Å². The number of carbonyl (C=O) groups is 2. The molecule has 8 heteroatoms. The van der Waals surface area contributed by atoms with Gasteiger partial charge in [-0.05, 0) is 25.8 Å². The summed E-state index contributed by atoms with van der Waals surface area (Å²) in [5.74, 6) is -0.511. The van der Waals surface area contributed by atoms with E-state index in [1.165, 1.54) is 0 Å². The van der Waals surface area contributed by atoms with Crippen LogP contribution in [0.3, 0.4) is 0 Å². The maximum Gasteiger partial charge on any atom is 0.319 e. The van der Waals surface area contributed by atoms with E-state index >= 15 is 0 Å². The van der Waals surface area contributed by atoms with Crippen LogP contribution in [0.15, 0.2) is 18.5 Å². The highest BCUT2D eigenvalue weighted by atomic mass is 16.4. The lowest BCUT2D eigenvalue weighted by molar-refractivity contribution is -0.157. The van der Waals surface area contributed by atoms with Crippen molar-refractivity contribution in [3.63, 3.8) is 0 Å². The summed E-state index contributed by atoms with van der Waals surface area (Å²) in [5.41, 5.74) is -1.34. The molecule has 3 rings (SSSR count). The van der Waals surface area contributed by atoms with E-state index in [9.17, 15) is 14.7 Å². The fraction of sp³-hybridized carbons (Fsp3) is 0.562. The number of fused-ring (bicyclic) bond motifs is 1. The first kappa shape index (κ1) is 16.4. The molecule has 24 heavy (non-hydrogen) atoms. The van der Waals surface area contributed by atoms with Crippen LogP contribution in [0, 0.1) is 5.41 Å². The smallest absolute Gasteiger partial charge is 0.319 e. The SMILES string of the molecule is CC(NC(=O)C1(C(=O)O)CCCCCC1)c1nnc2ncccn12. The summed E-state index contributed by atoms with van der Waals surface area (Å²) >= 11 is 0. The van der Waals surface area contributed by atoms with Gasteiger partial charge in [0.05, 0.1) is 6.04 Å². The summed E-state index contributed by atoms with van der Waals surface area (Å²) < 4.78 is 1.69. The highest BCUT2D eigenvalue weighted by Gasteiger charge is 2.46. The molecular weight excluding hydrogens is 310 g/mol. The van der Waals surface area contributed by atoms with Crippen LogP contribution in [-0.4, -0.2) is 36.6 Å². The molecule has 2 aromatic heterocycles. The van der Waals surface area contributed by atoms with Gasteiger partial charge in [-0.15, -0.1) is 10.2 Å². The zero-order chi connectivity index (χ0) is 17.2. The Labute approximate surface area is 139 Å². The summed E-state index contributed by atoms with van der Waals surface area (Å²) in [4.78, 5) is 28.7. The molecule has 0 saturated heterocycles. The molecule has 0 bridgehead atoms. The molecule has 2 N–H and O–H groups in total. The van der Waals surface area contributed by atoms with Gasteiger partial charge in [-0.1, -0.05) is 25.7 Å². The van der Waals surface area contributed by atoms with Crippen LogP contribution in [0.4, 0.5) is 0 Å². The van der Waals surface area contributed by atoms with E-state index in [0.29, 0.717) is 24.4 Å². The molecule has 2 heterocycles. The lowest BCUT2D eigenvalue weighted by Crippen LogP contribution is -2.47. The van der Waals surface area contributed by atoms with Gasteiger partial charge >= 0.3 is 5.97 Å². The summed E-state index contributed by atoms with van der Waals surface area (Å²) in [5, 5.41) is 20.5. The Morgan fingerprint density at radius 3 is 2.62 bits per heavy atom. The van der Waals surface area contributed by atoms with Crippen LogP contribution in [-0.2, 0) is 9.59 Å². The number of amides is 1. The van der Waals surface area contributed by atoms with Gasteiger partial charge in [0, 0.05) is 12.4 Å². The van der Waals surface area contributed by atoms with E-state index in [1.54, 1.807) is 29.8 Å². The average Bonchev–Trinajstić information content (AvgIpc) is 2.83. The second-order valence-corrected chi connectivity index (χ2v) is 6.34. The predicted octanol–water partition coefficient (Wildman–Crippen LogP) is 1.73. The van der Waals surface area contributed by atoms with E-state index < -0.39 is 23.3 Å². The van der Waals surface area contributed by atoms with Crippen molar-refractivity contribution in [3.8, 4) is 0 Å². The topological polar surface area (TPSA) is 109 Å². The maximum absolute atomic E-state index is 12.8. The van der Waals surface area contributed by atoms with E-state index in [-0.39, 0.29) is 0 Å². The van der Waals surface area contributed by atoms with Crippen LogP contribution in [0.2, 0.25) is 0 Å². The molecule has 0 aliphatic heterocycles. The van der Waals surface area contributed by atoms with Crippen LogP contribution < -0.4 is 5.32 Å². The van der Waals surface area contributed by atoms with Gasteiger partial charge in [-0.3, -0.25) is 14.0 Å². The van der Waals surface area contributed by atoms with Crippen molar-refractivity contribution in [2.45, 2.75) is 51.5 Å². The largest absolute Gasteiger partial charge is 0.480 e. The molecule has 1 atom stereocenters. The lowest BCUT2D eigenvalue weighted by Gasteiger charge is -2.28. The van der Waals surface area contributed by atoms with Gasteiger partial charge in [-0.25, -0.2) is 4.98 Å². The van der Waals surface area contributed by atoms with Crippen molar-refractivity contribution in [1.29, 1.82) is 0 Å². The van der Waals surface area contributed by atoms with Crippen LogP contribution in [0.5, 0.6) is 0 Å². The Hall–Kier alpha value is -2.51. The summed E-state index contributed by atoms with van der Waals surface area (Å²) in [6.45, 7) is 1.77. The molecule has 1 amide bonds. The number of carboxylic acid groups (broad SMARTS) is 1. The molecule has 1 aliphatic carbocycles. The highest BCUT2D eigenvalue weighted by molar-refractivity contribution is 6.02. The zero-order valence-electron chi connectivity index (χ0n) is 13.6. The number of hydrogen-bond acceptors (Lipinski definition) is 5. The van der Waals surface area contributed by atoms with Crippen molar-refractivity contribution in [2.75, 3.05) is 0 Å². The second kappa shape index (κ2) is 6.54. The first-order valence-electron chi connectivity index (χ1n) is 8.24. The number of hydrogen-bond donors (Lipinski definition) is 2. The normalized spacial score (nSPS) is 18.7. The predicted molar refractivity (Wildman–Crippen MR) is 85.1 cm³/mol. The molecule has 1 saturated carbocycles. The number of carboxylic acids is 1. The molecule has 1 unspecified atom stereocenters. The van der Waals surface area contributed by atoms with E-state index in [4.69, 9.17) is 0 Å². The Morgan fingerprint density at radius 1 is 1.25 bits per heavy atom. The minimum absolute atomic E-state index is 0.378. The first-order valence-corrected chi connectivity index (χ1v) is 8.24. The van der Waals surface area contributed by atoms with Crippen molar-refractivity contribution in [1.82, 2.24) is 24.9 Å². The highest BCUT2D eigenvalue weighted by Crippen LogP contribution is 2.36. The minimum Gasteiger partial charge on any atom is -0.480 e. The Morgan fingerprint density at radius 2 is 1.96 bits per heavy atom. The molecule has 128 valence electrons. The van der Waals surface area contributed by atoms with Gasteiger partial charge < -0.3 is 10.4 Å². The van der Waals surface area contributed by atoms with Crippen molar-refractivity contribution in [2.24, 2.45) is 5.41 Å². The van der Waals surface area contributed by atoms with Crippen LogP contribution >= 0.6 is 0 Å². The number of aliphatic carboxylic acids is 1. The van der Waals surface area contributed by atoms with Crippen LogP contribution in [0.25, 0.3) is 5.78 Å². The van der Waals surface area contributed by atoms with Crippen LogP contribution in [0.1, 0.15) is 57.3 Å². The van der Waals surface area contributed by atoms with Crippen molar-refractivity contribution >= 4 is 17.7 Å². The zero-order valence-corrected chi connectivity index (χ0v) is 13.6. The lowest BCUT2D eigenvalue weighted by atomic mass is 9.79. The minimum atomic E-state index is -1.34. The van der Waals surface area contributed by atoms with Gasteiger partial charge in [-0.2, -0.15) is 0 Å². The molecule has 1 fully saturated rings. The fourth-order valence-electron chi connectivity index (χ4n) is 3.32. The third-order valence-electron chi connectivity index (χ3n) is 4.75. The summed E-state index contributed by atoms with van der Waals surface area (Å²) in [7, 11) is 0. The molecule has 0 aromatic carbocycles. The molecular formula is C16H21N5O3. The number of nitrogens with zero attached hydrogens (tertiary/aromatic N) is 4. The monoisotopic (exact) mass is 331 g/mol. The summed E-state index contributed by atoms with van der Waals surface area (Å²) in [6, 6.07) is 1.29. The van der Waals surface area contributed by atoms with Crippen molar-refractivity contribution in [3.05, 3.63) is 24.3 Å². The molecule has 0 radical (unpaired) electrons. The molecule has 1 aliphatic rings. The van der Waals surface area contributed by atoms with E-state index in [1.807, 2.05) is 0 Å². The van der Waals surface area contributed by atoms with Gasteiger partial charge in [0.15, 0.2) is 5.82 Å². The standard InChI is InChI=1S/C16H21N5O3/c1-11(12-19-20-15-17-9-6-10-21(12)15)18-13(22)16(14(23)24)7-4-2-3-5-8-16/h6,9-11H,2-5,7-8H2,1H3,(H,18,22)(H,23,24). The average molecular weight is 331 g/mol. The van der Waals surface area contributed by atoms with E-state index in [0.717, 1.165) is 25.7 Å². The molecule has 2 aromatic rings. The summed E-state index contributed by atoms with van der Waals surface area (Å²) in [6.07, 6.45) is 7.58. The number of aromatic nitrogens is 4. The molecule has 8 nitrogen and oxygen atoms in total. The fourth-order valence-corrected chi connectivity index (χ4v) is 3.32. The Kier molecular flexibility index (Phi) is 4.46. The quantitative estimate of drug-likeness (QED) is 0.652. The molecule has 0 spiro atoms. The van der Waals surface area contributed by atoms with E-state index in [2.05, 4.69) is 20.5 Å².